The summed E-state index contributed by atoms with van der Waals surface area (Å²) in [4.78, 5) is 11.5. The van der Waals surface area contributed by atoms with Gasteiger partial charge in [0.2, 0.25) is 15.9 Å². The Balaban J connectivity index is 2.09. The minimum atomic E-state index is -3.79. The molecule has 1 amide bonds. The molecule has 0 radical (unpaired) electrons. The van der Waals surface area contributed by atoms with Crippen LogP contribution in [0.15, 0.2) is 17.0 Å². The van der Waals surface area contributed by atoms with Gasteiger partial charge in [0.1, 0.15) is 0 Å². The van der Waals surface area contributed by atoms with Gasteiger partial charge in [-0.2, -0.15) is 0 Å². The molecule has 8 heteroatoms. The van der Waals surface area contributed by atoms with Crippen molar-refractivity contribution in [3.63, 3.8) is 0 Å². The highest BCUT2D eigenvalue weighted by Crippen LogP contribution is 2.26. The summed E-state index contributed by atoms with van der Waals surface area (Å²) in [6, 6.07) is 2.97. The van der Waals surface area contributed by atoms with Crippen molar-refractivity contribution in [3.05, 3.63) is 22.7 Å². The van der Waals surface area contributed by atoms with Gasteiger partial charge in [-0.05, 0) is 37.5 Å². The SMILES string of the molecule is Cc1cc(Cl)c(N)cc1S(=O)(=O)NCC(=O)NC1CC1. The summed E-state index contributed by atoms with van der Waals surface area (Å²) in [7, 11) is -3.79. The van der Waals surface area contributed by atoms with Crippen LogP contribution >= 0.6 is 11.6 Å². The van der Waals surface area contributed by atoms with Crippen molar-refractivity contribution in [2.75, 3.05) is 12.3 Å². The van der Waals surface area contributed by atoms with Crippen molar-refractivity contribution >= 4 is 33.2 Å². The first-order valence-electron chi connectivity index (χ1n) is 6.14. The molecule has 2 rings (SSSR count). The highest BCUT2D eigenvalue weighted by atomic mass is 35.5. The first-order chi connectivity index (χ1) is 9.29. The summed E-state index contributed by atoms with van der Waals surface area (Å²) >= 11 is 5.82. The first-order valence-corrected chi connectivity index (χ1v) is 8.00. The first kappa shape index (κ1) is 15.1. The molecule has 0 saturated heterocycles. The number of hydrogen-bond acceptors (Lipinski definition) is 4. The monoisotopic (exact) mass is 317 g/mol. The number of amides is 1. The van der Waals surface area contributed by atoms with Crippen LogP contribution in [0.4, 0.5) is 5.69 Å². The predicted octanol–water partition coefficient (Wildman–Crippen LogP) is 0.788. The van der Waals surface area contributed by atoms with Crippen LogP contribution in [-0.4, -0.2) is 26.9 Å². The maximum Gasteiger partial charge on any atom is 0.241 e. The Morgan fingerprint density at radius 2 is 2.10 bits per heavy atom. The quantitative estimate of drug-likeness (QED) is 0.699. The molecule has 0 aromatic heterocycles. The van der Waals surface area contributed by atoms with Crippen molar-refractivity contribution in [1.29, 1.82) is 0 Å². The number of nitrogen functional groups attached to an aromatic ring is 1. The highest BCUT2D eigenvalue weighted by molar-refractivity contribution is 7.89. The highest BCUT2D eigenvalue weighted by Gasteiger charge is 2.24. The van der Waals surface area contributed by atoms with Gasteiger partial charge >= 0.3 is 0 Å². The van der Waals surface area contributed by atoms with E-state index >= 15 is 0 Å². The molecule has 0 spiro atoms. The van der Waals surface area contributed by atoms with Crippen molar-refractivity contribution in [2.45, 2.75) is 30.7 Å². The number of carbonyl (C=O) groups excluding carboxylic acids is 1. The van der Waals surface area contributed by atoms with Crippen molar-refractivity contribution < 1.29 is 13.2 Å². The maximum absolute atomic E-state index is 12.1. The fraction of sp³-hybridized carbons (Fsp3) is 0.417. The number of nitrogens with two attached hydrogens (primary N) is 1. The average molecular weight is 318 g/mol. The number of sulfonamides is 1. The standard InChI is InChI=1S/C12H16ClN3O3S/c1-7-4-9(13)10(14)5-11(7)20(18,19)15-6-12(17)16-8-2-3-8/h4-5,8,15H,2-3,6,14H2,1H3,(H,16,17). The van der Waals surface area contributed by atoms with Crippen LogP contribution in [0, 0.1) is 6.92 Å². The second-order valence-corrected chi connectivity index (χ2v) is 6.95. The molecule has 1 saturated carbocycles. The fourth-order valence-corrected chi connectivity index (χ4v) is 3.16. The number of nitrogens with one attached hydrogen (secondary N) is 2. The minimum absolute atomic E-state index is 0.0265. The van der Waals surface area contributed by atoms with E-state index in [9.17, 15) is 13.2 Å². The smallest absolute Gasteiger partial charge is 0.241 e. The van der Waals surface area contributed by atoms with E-state index < -0.39 is 10.0 Å². The molecule has 110 valence electrons. The molecule has 4 N–H and O–H groups in total. The second kappa shape index (κ2) is 5.59. The Labute approximate surface area is 122 Å². The van der Waals surface area contributed by atoms with E-state index in [1.807, 2.05) is 0 Å². The van der Waals surface area contributed by atoms with Crippen LogP contribution in [0.2, 0.25) is 5.02 Å². The zero-order valence-electron chi connectivity index (χ0n) is 10.9. The number of hydrogen-bond donors (Lipinski definition) is 3. The lowest BCUT2D eigenvalue weighted by Gasteiger charge is -2.11. The van der Waals surface area contributed by atoms with Gasteiger partial charge < -0.3 is 11.1 Å². The summed E-state index contributed by atoms with van der Waals surface area (Å²) < 4.78 is 26.5. The van der Waals surface area contributed by atoms with E-state index in [-0.39, 0.29) is 29.1 Å². The summed E-state index contributed by atoms with van der Waals surface area (Å²) in [5.41, 5.74) is 6.27. The Bertz CT molecular complexity index is 642. The van der Waals surface area contributed by atoms with Gasteiger partial charge in [0.15, 0.2) is 0 Å². The summed E-state index contributed by atoms with van der Waals surface area (Å²) in [6.07, 6.45) is 1.90. The average Bonchev–Trinajstić information content (AvgIpc) is 3.15. The van der Waals surface area contributed by atoms with E-state index in [2.05, 4.69) is 10.0 Å². The van der Waals surface area contributed by atoms with Gasteiger partial charge in [0.25, 0.3) is 0 Å². The molecule has 0 heterocycles. The van der Waals surface area contributed by atoms with Crippen LogP contribution in [0.1, 0.15) is 18.4 Å². The van der Waals surface area contributed by atoms with Gasteiger partial charge in [-0.15, -0.1) is 0 Å². The predicted molar refractivity (Wildman–Crippen MR) is 77.0 cm³/mol. The van der Waals surface area contributed by atoms with Gasteiger partial charge in [-0.3, -0.25) is 4.79 Å². The molecule has 0 aliphatic heterocycles. The molecule has 1 aliphatic rings. The van der Waals surface area contributed by atoms with E-state index in [4.69, 9.17) is 17.3 Å². The molecule has 0 bridgehead atoms. The molecule has 1 aromatic rings. The Morgan fingerprint density at radius 3 is 2.70 bits per heavy atom. The lowest BCUT2D eigenvalue weighted by molar-refractivity contribution is -0.120. The summed E-state index contributed by atoms with van der Waals surface area (Å²) in [6.45, 7) is 1.32. The van der Waals surface area contributed by atoms with E-state index in [1.54, 1.807) is 6.92 Å². The van der Waals surface area contributed by atoms with Crippen molar-refractivity contribution in [1.82, 2.24) is 10.0 Å². The van der Waals surface area contributed by atoms with Crippen LogP contribution in [0.5, 0.6) is 0 Å². The molecule has 20 heavy (non-hydrogen) atoms. The molecular weight excluding hydrogens is 302 g/mol. The number of benzene rings is 1. The number of carbonyl (C=O) groups is 1. The molecule has 6 nitrogen and oxygen atoms in total. The molecule has 0 atom stereocenters. The van der Waals surface area contributed by atoms with E-state index in [0.29, 0.717) is 10.6 Å². The largest absolute Gasteiger partial charge is 0.397 e. The number of aryl methyl sites for hydroxylation is 1. The van der Waals surface area contributed by atoms with Crippen molar-refractivity contribution in [2.24, 2.45) is 0 Å². The van der Waals surface area contributed by atoms with Gasteiger partial charge in [-0.25, -0.2) is 13.1 Å². The zero-order valence-corrected chi connectivity index (χ0v) is 12.5. The normalized spacial score (nSPS) is 15.1. The Morgan fingerprint density at radius 1 is 1.45 bits per heavy atom. The maximum atomic E-state index is 12.1. The van der Waals surface area contributed by atoms with E-state index in [0.717, 1.165) is 12.8 Å². The lowest BCUT2D eigenvalue weighted by atomic mass is 10.2. The third kappa shape index (κ3) is 3.62. The Hall–Kier alpha value is -1.31. The van der Waals surface area contributed by atoms with Gasteiger partial charge in [-0.1, -0.05) is 11.6 Å². The van der Waals surface area contributed by atoms with Crippen LogP contribution in [0.3, 0.4) is 0 Å². The third-order valence-electron chi connectivity index (χ3n) is 2.95. The molecule has 1 aliphatic carbocycles. The van der Waals surface area contributed by atoms with Crippen LogP contribution in [0.25, 0.3) is 0 Å². The number of rotatable bonds is 5. The lowest BCUT2D eigenvalue weighted by Crippen LogP contribution is -2.38. The molecular formula is C12H16ClN3O3S. The van der Waals surface area contributed by atoms with Gasteiger partial charge in [0.05, 0.1) is 22.2 Å². The van der Waals surface area contributed by atoms with Crippen molar-refractivity contribution in [3.8, 4) is 0 Å². The fourth-order valence-electron chi connectivity index (χ4n) is 1.70. The van der Waals surface area contributed by atoms with Crippen LogP contribution in [-0.2, 0) is 14.8 Å². The molecule has 1 fully saturated rings. The Kier molecular flexibility index (Phi) is 4.22. The topological polar surface area (TPSA) is 101 Å². The zero-order chi connectivity index (χ0) is 14.9. The van der Waals surface area contributed by atoms with E-state index in [1.165, 1.54) is 12.1 Å². The minimum Gasteiger partial charge on any atom is -0.397 e. The molecule has 1 aromatic carbocycles. The third-order valence-corrected chi connectivity index (χ3v) is 4.82. The van der Waals surface area contributed by atoms with Crippen LogP contribution < -0.4 is 15.8 Å². The number of halogens is 1. The van der Waals surface area contributed by atoms with Gasteiger partial charge in [0, 0.05) is 6.04 Å². The summed E-state index contributed by atoms with van der Waals surface area (Å²) in [5, 5.41) is 3.00. The number of anilines is 1. The molecule has 0 unspecified atom stereocenters. The summed E-state index contributed by atoms with van der Waals surface area (Å²) in [5.74, 6) is -0.337. The second-order valence-electron chi connectivity index (χ2n) is 4.81.